The fourth-order valence-electron chi connectivity index (χ4n) is 3.95. The summed E-state index contributed by atoms with van der Waals surface area (Å²) in [5.41, 5.74) is 5.24. The summed E-state index contributed by atoms with van der Waals surface area (Å²) in [6.45, 7) is 0.749. The van der Waals surface area contributed by atoms with Crippen LogP contribution in [0, 0.1) is 5.82 Å². The third kappa shape index (κ3) is 1.86. The minimum Gasteiger partial charge on any atom is -0.377 e. The zero-order valence-electron chi connectivity index (χ0n) is 13.0. The number of rotatable bonds is 1. The van der Waals surface area contributed by atoms with Crippen molar-refractivity contribution in [2.45, 2.75) is 12.0 Å². The Kier molecular flexibility index (Phi) is 2.86. The quantitative estimate of drug-likeness (QED) is 0.690. The van der Waals surface area contributed by atoms with Crippen molar-refractivity contribution < 1.29 is 4.39 Å². The first-order valence-corrected chi connectivity index (χ1v) is 8.16. The van der Waals surface area contributed by atoms with Crippen LogP contribution >= 0.6 is 0 Å². The van der Waals surface area contributed by atoms with Gasteiger partial charge in [-0.2, -0.15) is 0 Å². The van der Waals surface area contributed by atoms with Crippen molar-refractivity contribution in [1.29, 1.82) is 0 Å². The highest BCUT2D eigenvalue weighted by Crippen LogP contribution is 2.49. The molecule has 4 heteroatoms. The third-order valence-corrected chi connectivity index (χ3v) is 5.02. The fourth-order valence-corrected chi connectivity index (χ4v) is 3.95. The first-order chi connectivity index (χ1) is 11.8. The van der Waals surface area contributed by atoms with E-state index in [2.05, 4.69) is 33.8 Å². The second kappa shape index (κ2) is 5.06. The summed E-state index contributed by atoms with van der Waals surface area (Å²) in [5.74, 6) is 0.874. The predicted molar refractivity (Wildman–Crippen MR) is 93.7 cm³/mol. The molecule has 0 spiro atoms. The van der Waals surface area contributed by atoms with Gasteiger partial charge >= 0.3 is 0 Å². The molecule has 24 heavy (non-hydrogen) atoms. The SMILES string of the molecule is Fc1ccccc1C1Nc2ccccc2-c2ccnc3c2C1CN3. The number of hydrogen-bond donors (Lipinski definition) is 2. The van der Waals surface area contributed by atoms with E-state index < -0.39 is 0 Å². The molecule has 0 saturated heterocycles. The first kappa shape index (κ1) is 13.5. The van der Waals surface area contributed by atoms with Crippen LogP contribution in [0.1, 0.15) is 23.1 Å². The molecule has 2 N–H and O–H groups in total. The molecular formula is C20H16FN3. The molecule has 0 aliphatic carbocycles. The van der Waals surface area contributed by atoms with Crippen LogP contribution in [0.5, 0.6) is 0 Å². The van der Waals surface area contributed by atoms with Gasteiger partial charge in [-0.1, -0.05) is 36.4 Å². The van der Waals surface area contributed by atoms with Gasteiger partial charge in [0.1, 0.15) is 11.6 Å². The normalized spacial score (nSPS) is 20.4. The Morgan fingerprint density at radius 1 is 0.958 bits per heavy atom. The predicted octanol–water partition coefficient (Wildman–Crippen LogP) is 4.56. The van der Waals surface area contributed by atoms with Crippen LogP contribution in [0.25, 0.3) is 11.1 Å². The standard InChI is InChI=1S/C20H16FN3/c21-16-7-3-1-6-14(16)19-15-11-23-20-18(15)13(9-10-22-20)12-5-2-4-8-17(12)24-19/h1-10,15,19,24H,11H2,(H,22,23). The topological polar surface area (TPSA) is 37.0 Å². The average Bonchev–Trinajstić information content (AvgIpc) is 2.98. The smallest absolute Gasteiger partial charge is 0.130 e. The van der Waals surface area contributed by atoms with Gasteiger partial charge in [-0.3, -0.25) is 0 Å². The highest BCUT2D eigenvalue weighted by molar-refractivity contribution is 5.85. The summed E-state index contributed by atoms with van der Waals surface area (Å²) >= 11 is 0. The van der Waals surface area contributed by atoms with E-state index in [9.17, 15) is 4.39 Å². The van der Waals surface area contributed by atoms with Crippen LogP contribution in [0.15, 0.2) is 60.8 Å². The van der Waals surface area contributed by atoms with Crippen LogP contribution < -0.4 is 10.6 Å². The molecule has 2 aromatic carbocycles. The van der Waals surface area contributed by atoms with Crippen molar-refractivity contribution in [3.8, 4) is 11.1 Å². The van der Waals surface area contributed by atoms with E-state index in [4.69, 9.17) is 0 Å². The van der Waals surface area contributed by atoms with Gasteiger partial charge in [0.25, 0.3) is 0 Å². The third-order valence-electron chi connectivity index (χ3n) is 5.02. The lowest BCUT2D eigenvalue weighted by molar-refractivity contribution is 0.561. The van der Waals surface area contributed by atoms with Crippen LogP contribution in [0.2, 0.25) is 0 Å². The van der Waals surface area contributed by atoms with E-state index in [0.717, 1.165) is 23.6 Å². The summed E-state index contributed by atoms with van der Waals surface area (Å²) in [4.78, 5) is 4.48. The molecule has 3 nitrogen and oxygen atoms in total. The molecule has 0 fully saturated rings. The molecular weight excluding hydrogens is 301 g/mol. The lowest BCUT2D eigenvalue weighted by Gasteiger charge is -2.25. The highest BCUT2D eigenvalue weighted by atomic mass is 19.1. The van der Waals surface area contributed by atoms with E-state index in [1.165, 1.54) is 17.2 Å². The Morgan fingerprint density at radius 2 is 1.79 bits per heavy atom. The van der Waals surface area contributed by atoms with Crippen LogP contribution in [0.4, 0.5) is 15.9 Å². The summed E-state index contributed by atoms with van der Waals surface area (Å²) in [6.07, 6.45) is 1.84. The van der Waals surface area contributed by atoms with Crippen molar-refractivity contribution in [3.05, 3.63) is 77.7 Å². The van der Waals surface area contributed by atoms with Crippen molar-refractivity contribution in [1.82, 2.24) is 4.98 Å². The minimum absolute atomic E-state index is 0.132. The molecule has 2 atom stereocenters. The summed E-state index contributed by atoms with van der Waals surface area (Å²) in [5, 5.41) is 6.98. The fraction of sp³-hybridized carbons (Fsp3) is 0.150. The number of hydrogen-bond acceptors (Lipinski definition) is 3. The van der Waals surface area contributed by atoms with Crippen molar-refractivity contribution >= 4 is 11.5 Å². The Balaban J connectivity index is 1.78. The number of pyridine rings is 1. The molecule has 2 unspecified atom stereocenters. The number of aromatic nitrogens is 1. The zero-order valence-corrected chi connectivity index (χ0v) is 13.0. The minimum atomic E-state index is -0.173. The van der Waals surface area contributed by atoms with E-state index in [0.29, 0.717) is 5.56 Å². The maximum atomic E-state index is 14.5. The molecule has 0 saturated carbocycles. The second-order valence-electron chi connectivity index (χ2n) is 6.30. The Hall–Kier alpha value is -2.88. The molecule has 2 aliphatic heterocycles. The van der Waals surface area contributed by atoms with E-state index >= 15 is 0 Å². The van der Waals surface area contributed by atoms with Crippen molar-refractivity contribution in [3.63, 3.8) is 0 Å². The van der Waals surface area contributed by atoms with Gasteiger partial charge in [0.05, 0.1) is 6.04 Å². The van der Waals surface area contributed by atoms with E-state index in [1.54, 1.807) is 6.07 Å². The Morgan fingerprint density at radius 3 is 2.71 bits per heavy atom. The van der Waals surface area contributed by atoms with Gasteiger partial charge in [-0.15, -0.1) is 0 Å². The molecule has 0 bridgehead atoms. The Labute approximate surface area is 139 Å². The van der Waals surface area contributed by atoms with Crippen molar-refractivity contribution in [2.24, 2.45) is 0 Å². The lowest BCUT2D eigenvalue weighted by Crippen LogP contribution is -2.21. The first-order valence-electron chi connectivity index (χ1n) is 8.16. The number of benzene rings is 2. The maximum Gasteiger partial charge on any atom is 0.130 e. The molecule has 3 heterocycles. The lowest BCUT2D eigenvalue weighted by atomic mass is 9.87. The summed E-state index contributed by atoms with van der Waals surface area (Å²) in [6, 6.07) is 17.2. The van der Waals surface area contributed by atoms with E-state index in [-0.39, 0.29) is 17.8 Å². The monoisotopic (exact) mass is 317 g/mol. The van der Waals surface area contributed by atoms with Crippen LogP contribution in [-0.2, 0) is 0 Å². The number of halogens is 1. The van der Waals surface area contributed by atoms with Crippen LogP contribution in [0.3, 0.4) is 0 Å². The average molecular weight is 317 g/mol. The molecule has 5 rings (SSSR count). The van der Waals surface area contributed by atoms with Gasteiger partial charge in [0.15, 0.2) is 0 Å². The second-order valence-corrected chi connectivity index (χ2v) is 6.30. The number of nitrogens with zero attached hydrogens (tertiary/aromatic N) is 1. The van der Waals surface area contributed by atoms with Gasteiger partial charge in [-0.05, 0) is 23.8 Å². The molecule has 0 amide bonds. The van der Waals surface area contributed by atoms with Gasteiger partial charge in [0, 0.05) is 41.0 Å². The summed E-state index contributed by atoms with van der Waals surface area (Å²) < 4.78 is 14.5. The molecule has 3 aromatic rings. The molecule has 118 valence electrons. The number of fused-ring (bicyclic) bond motifs is 2. The maximum absolute atomic E-state index is 14.5. The van der Waals surface area contributed by atoms with Gasteiger partial charge in [0.2, 0.25) is 0 Å². The van der Waals surface area contributed by atoms with Crippen molar-refractivity contribution in [2.75, 3.05) is 17.2 Å². The molecule has 2 aliphatic rings. The summed E-state index contributed by atoms with van der Waals surface area (Å²) in [7, 11) is 0. The van der Waals surface area contributed by atoms with Gasteiger partial charge in [-0.25, -0.2) is 9.37 Å². The van der Waals surface area contributed by atoms with E-state index in [1.807, 2.05) is 30.5 Å². The highest BCUT2D eigenvalue weighted by Gasteiger charge is 2.37. The largest absolute Gasteiger partial charge is 0.377 e. The number of anilines is 2. The zero-order chi connectivity index (χ0) is 16.1. The Bertz CT molecular complexity index is 938. The number of nitrogens with one attached hydrogen (secondary N) is 2. The molecule has 0 radical (unpaired) electrons. The molecule has 1 aromatic heterocycles. The number of para-hydroxylation sites is 1. The van der Waals surface area contributed by atoms with Crippen LogP contribution in [-0.4, -0.2) is 11.5 Å². The van der Waals surface area contributed by atoms with Gasteiger partial charge < -0.3 is 10.6 Å².